The predicted octanol–water partition coefficient (Wildman–Crippen LogP) is 4.50. The van der Waals surface area contributed by atoms with E-state index in [4.69, 9.17) is 4.42 Å². The van der Waals surface area contributed by atoms with Gasteiger partial charge in [-0.05, 0) is 23.8 Å². The van der Waals surface area contributed by atoms with Crippen LogP contribution in [0.1, 0.15) is 0 Å². The number of phenolic OH excluding ortho intramolecular Hbond substituents is 1. The zero-order valence-corrected chi connectivity index (χ0v) is 12.3. The Morgan fingerprint density at radius 1 is 0.870 bits per heavy atom. The van der Waals surface area contributed by atoms with E-state index in [1.54, 1.807) is 37.2 Å². The fourth-order valence-corrected chi connectivity index (χ4v) is 2.70. The number of rotatable bonds is 3. The molecule has 1 N–H and O–H groups in total. The van der Waals surface area contributed by atoms with Crippen molar-refractivity contribution in [2.75, 3.05) is 0 Å². The second kappa shape index (κ2) is 5.50. The summed E-state index contributed by atoms with van der Waals surface area (Å²) in [5, 5.41) is 9.48. The highest BCUT2D eigenvalue weighted by Gasteiger charge is 2.14. The summed E-state index contributed by atoms with van der Waals surface area (Å²) in [5.74, 6) is 0.248. The zero-order valence-electron chi connectivity index (χ0n) is 12.3. The quantitative estimate of drug-likeness (QED) is 0.606. The number of aromatic hydroxyl groups is 1. The van der Waals surface area contributed by atoms with Gasteiger partial charge in [-0.25, -0.2) is 4.98 Å². The number of para-hydroxylation sites is 1. The lowest BCUT2D eigenvalue weighted by Crippen LogP contribution is -1.93. The first-order chi connectivity index (χ1) is 11.3. The summed E-state index contributed by atoms with van der Waals surface area (Å²) < 4.78 is 7.44. The van der Waals surface area contributed by atoms with Crippen molar-refractivity contribution in [1.29, 1.82) is 0 Å². The molecule has 0 radical (unpaired) electrons. The molecule has 0 fully saturated rings. The lowest BCUT2D eigenvalue weighted by Gasteiger charge is -2.10. The third kappa shape index (κ3) is 2.40. The average molecular weight is 302 g/mol. The van der Waals surface area contributed by atoms with Crippen molar-refractivity contribution in [3.05, 3.63) is 79.8 Å². The topological polar surface area (TPSA) is 51.2 Å². The number of aromatic nitrogens is 2. The van der Waals surface area contributed by atoms with E-state index in [1.165, 1.54) is 0 Å². The predicted molar refractivity (Wildman–Crippen MR) is 88.4 cm³/mol. The fourth-order valence-electron chi connectivity index (χ4n) is 2.70. The standard InChI is InChI=1S/C19H14N2O2/c22-15-7-5-14(6-8-15)17-11-23-12-18(17)16-3-1-2-4-19(16)21-10-9-20-13-21/h1-13,22H. The van der Waals surface area contributed by atoms with Gasteiger partial charge < -0.3 is 14.1 Å². The van der Waals surface area contributed by atoms with Gasteiger partial charge in [-0.1, -0.05) is 30.3 Å². The van der Waals surface area contributed by atoms with Gasteiger partial charge in [-0.3, -0.25) is 0 Å². The van der Waals surface area contributed by atoms with Crippen LogP contribution >= 0.6 is 0 Å². The van der Waals surface area contributed by atoms with Crippen molar-refractivity contribution in [3.63, 3.8) is 0 Å². The number of hydrogen-bond acceptors (Lipinski definition) is 3. The highest BCUT2D eigenvalue weighted by atomic mass is 16.3. The molecule has 2 heterocycles. The largest absolute Gasteiger partial charge is 0.508 e. The third-order valence-electron chi connectivity index (χ3n) is 3.82. The molecule has 4 nitrogen and oxygen atoms in total. The van der Waals surface area contributed by atoms with E-state index in [2.05, 4.69) is 11.1 Å². The molecular weight excluding hydrogens is 288 g/mol. The van der Waals surface area contributed by atoms with Crippen LogP contribution < -0.4 is 0 Å². The maximum Gasteiger partial charge on any atom is 0.115 e. The van der Waals surface area contributed by atoms with E-state index in [9.17, 15) is 5.11 Å². The van der Waals surface area contributed by atoms with E-state index in [-0.39, 0.29) is 5.75 Å². The number of hydrogen-bond donors (Lipinski definition) is 1. The molecule has 0 aliphatic carbocycles. The van der Waals surface area contributed by atoms with Crippen LogP contribution in [0.25, 0.3) is 27.9 Å². The minimum Gasteiger partial charge on any atom is -0.508 e. The normalized spacial score (nSPS) is 10.8. The number of nitrogens with zero attached hydrogens (tertiary/aromatic N) is 2. The van der Waals surface area contributed by atoms with Crippen molar-refractivity contribution < 1.29 is 9.52 Å². The molecule has 2 aromatic heterocycles. The van der Waals surface area contributed by atoms with E-state index in [1.807, 2.05) is 41.1 Å². The van der Waals surface area contributed by atoms with Gasteiger partial charge in [-0.15, -0.1) is 0 Å². The molecule has 0 amide bonds. The second-order valence-electron chi connectivity index (χ2n) is 5.23. The SMILES string of the molecule is Oc1ccc(-c2cocc2-c2ccccc2-n2ccnc2)cc1. The smallest absolute Gasteiger partial charge is 0.115 e. The molecule has 0 saturated heterocycles. The highest BCUT2D eigenvalue weighted by molar-refractivity contribution is 5.86. The molecular formula is C19H14N2O2. The van der Waals surface area contributed by atoms with Crippen LogP contribution in [0.2, 0.25) is 0 Å². The summed E-state index contributed by atoms with van der Waals surface area (Å²) in [6.07, 6.45) is 8.93. The summed E-state index contributed by atoms with van der Waals surface area (Å²) in [6, 6.07) is 15.2. The summed E-state index contributed by atoms with van der Waals surface area (Å²) in [7, 11) is 0. The molecule has 4 heteroatoms. The molecule has 2 aromatic carbocycles. The van der Waals surface area contributed by atoms with Crippen molar-refractivity contribution in [3.8, 4) is 33.7 Å². The summed E-state index contributed by atoms with van der Waals surface area (Å²) in [5.41, 5.74) is 5.07. The van der Waals surface area contributed by atoms with Gasteiger partial charge in [0.15, 0.2) is 0 Å². The van der Waals surface area contributed by atoms with Crippen molar-refractivity contribution in [2.45, 2.75) is 0 Å². The minimum atomic E-state index is 0.248. The van der Waals surface area contributed by atoms with Crippen molar-refractivity contribution in [1.82, 2.24) is 9.55 Å². The number of imidazole rings is 1. The molecule has 0 atom stereocenters. The van der Waals surface area contributed by atoms with Gasteiger partial charge in [0.1, 0.15) is 5.75 Å². The zero-order chi connectivity index (χ0) is 15.6. The molecule has 0 bridgehead atoms. The van der Waals surface area contributed by atoms with Gasteiger partial charge in [-0.2, -0.15) is 0 Å². The fraction of sp³-hybridized carbons (Fsp3) is 0. The Labute approximate surface area is 133 Å². The first-order valence-corrected chi connectivity index (χ1v) is 7.26. The number of benzene rings is 2. The number of phenols is 1. The van der Waals surface area contributed by atoms with E-state index < -0.39 is 0 Å². The molecule has 0 aliphatic rings. The van der Waals surface area contributed by atoms with Crippen molar-refractivity contribution >= 4 is 0 Å². The second-order valence-corrected chi connectivity index (χ2v) is 5.23. The summed E-state index contributed by atoms with van der Waals surface area (Å²) >= 11 is 0. The van der Waals surface area contributed by atoms with Gasteiger partial charge in [0.2, 0.25) is 0 Å². The molecule has 4 rings (SSSR count). The number of furan rings is 1. The van der Waals surface area contributed by atoms with Gasteiger partial charge in [0.05, 0.1) is 24.5 Å². The van der Waals surface area contributed by atoms with Gasteiger partial charge in [0, 0.05) is 29.1 Å². The Balaban J connectivity index is 1.88. The summed E-state index contributed by atoms with van der Waals surface area (Å²) in [4.78, 5) is 4.12. The Morgan fingerprint density at radius 2 is 1.65 bits per heavy atom. The Hall–Kier alpha value is -3.27. The summed E-state index contributed by atoms with van der Waals surface area (Å²) in [6.45, 7) is 0. The highest BCUT2D eigenvalue weighted by Crippen LogP contribution is 2.36. The molecule has 0 unspecified atom stereocenters. The lowest BCUT2D eigenvalue weighted by atomic mass is 9.98. The van der Waals surface area contributed by atoms with E-state index >= 15 is 0 Å². The van der Waals surface area contributed by atoms with Gasteiger partial charge in [0.25, 0.3) is 0 Å². The van der Waals surface area contributed by atoms with Crippen LogP contribution in [0.15, 0.2) is 84.2 Å². The molecule has 23 heavy (non-hydrogen) atoms. The van der Waals surface area contributed by atoms with Gasteiger partial charge >= 0.3 is 0 Å². The maximum absolute atomic E-state index is 9.48. The molecule has 4 aromatic rings. The van der Waals surface area contributed by atoms with Crippen LogP contribution in [0, 0.1) is 0 Å². The van der Waals surface area contributed by atoms with Crippen LogP contribution in [0.5, 0.6) is 5.75 Å². The first-order valence-electron chi connectivity index (χ1n) is 7.26. The first kappa shape index (κ1) is 13.4. The van der Waals surface area contributed by atoms with Crippen LogP contribution in [-0.4, -0.2) is 14.7 Å². The monoisotopic (exact) mass is 302 g/mol. The van der Waals surface area contributed by atoms with Crippen LogP contribution in [0.4, 0.5) is 0 Å². The Bertz CT molecular complexity index is 922. The molecule has 0 aliphatic heterocycles. The van der Waals surface area contributed by atoms with Crippen LogP contribution in [0.3, 0.4) is 0 Å². The minimum absolute atomic E-state index is 0.248. The molecule has 0 saturated carbocycles. The van der Waals surface area contributed by atoms with Crippen LogP contribution in [-0.2, 0) is 0 Å². The third-order valence-corrected chi connectivity index (χ3v) is 3.82. The van der Waals surface area contributed by atoms with E-state index in [0.717, 1.165) is 27.9 Å². The molecule has 0 spiro atoms. The van der Waals surface area contributed by atoms with Crippen molar-refractivity contribution in [2.24, 2.45) is 0 Å². The van der Waals surface area contributed by atoms with E-state index in [0.29, 0.717) is 0 Å². The Morgan fingerprint density at radius 3 is 2.43 bits per heavy atom. The maximum atomic E-state index is 9.48. The average Bonchev–Trinajstić information content (AvgIpc) is 3.27. The Kier molecular flexibility index (Phi) is 3.20. The lowest BCUT2D eigenvalue weighted by molar-refractivity contribution is 0.475. The molecule has 112 valence electrons.